The molecule has 5 heteroatoms. The maximum Gasteiger partial charge on any atom is 0.339 e. The lowest BCUT2D eigenvalue weighted by atomic mass is 10.1. The monoisotopic (exact) mass is 235 g/mol. The predicted molar refractivity (Wildman–Crippen MR) is 59.6 cm³/mol. The second kappa shape index (κ2) is 4.37. The summed E-state index contributed by atoms with van der Waals surface area (Å²) < 4.78 is 23.2. The van der Waals surface area contributed by atoms with Gasteiger partial charge >= 0.3 is 5.97 Å². The first-order chi connectivity index (χ1) is 8.17. The van der Waals surface area contributed by atoms with Crippen molar-refractivity contribution in [2.75, 3.05) is 14.2 Å². The van der Waals surface area contributed by atoms with Crippen LogP contribution < -0.4 is 4.74 Å². The molecule has 0 spiro atoms. The van der Waals surface area contributed by atoms with Crippen LogP contribution in [0.2, 0.25) is 0 Å². The van der Waals surface area contributed by atoms with Gasteiger partial charge < -0.3 is 9.47 Å². The third-order valence-corrected chi connectivity index (χ3v) is 2.40. The Morgan fingerprint density at radius 2 is 2.12 bits per heavy atom. The molecule has 0 saturated carbocycles. The van der Waals surface area contributed by atoms with Crippen molar-refractivity contribution in [3.05, 3.63) is 35.8 Å². The van der Waals surface area contributed by atoms with Crippen LogP contribution in [0, 0.1) is 5.82 Å². The second-order valence-electron chi connectivity index (χ2n) is 3.37. The zero-order valence-corrected chi connectivity index (χ0v) is 9.36. The lowest BCUT2D eigenvalue weighted by Gasteiger charge is -2.05. The van der Waals surface area contributed by atoms with Gasteiger partial charge in [-0.15, -0.1) is 0 Å². The van der Waals surface area contributed by atoms with Crippen LogP contribution in [0.15, 0.2) is 24.4 Å². The summed E-state index contributed by atoms with van der Waals surface area (Å²) in [4.78, 5) is 15.2. The lowest BCUT2D eigenvalue weighted by Crippen LogP contribution is -2.02. The van der Waals surface area contributed by atoms with Gasteiger partial charge in [-0.05, 0) is 18.2 Å². The highest BCUT2D eigenvalue weighted by atomic mass is 19.1. The molecule has 4 nitrogen and oxygen atoms in total. The average Bonchev–Trinajstić information content (AvgIpc) is 2.38. The second-order valence-corrected chi connectivity index (χ2v) is 3.37. The van der Waals surface area contributed by atoms with Crippen molar-refractivity contribution >= 4 is 16.9 Å². The molecule has 0 atom stereocenters. The number of fused-ring (bicyclic) bond motifs is 1. The number of methoxy groups -OCH3 is 2. The molecule has 0 radical (unpaired) electrons. The summed E-state index contributed by atoms with van der Waals surface area (Å²) in [6.45, 7) is 0. The molecule has 0 unspecified atom stereocenters. The van der Waals surface area contributed by atoms with Crippen LogP contribution in [0.1, 0.15) is 10.4 Å². The molecule has 0 fully saturated rings. The largest absolute Gasteiger partial charge is 0.494 e. The van der Waals surface area contributed by atoms with E-state index in [2.05, 4.69) is 9.72 Å². The molecule has 0 saturated heterocycles. The summed E-state index contributed by atoms with van der Waals surface area (Å²) in [5, 5.41) is 0.520. The third-order valence-electron chi connectivity index (χ3n) is 2.40. The van der Waals surface area contributed by atoms with Crippen molar-refractivity contribution in [2.24, 2.45) is 0 Å². The molecule has 1 aromatic carbocycles. The first-order valence-corrected chi connectivity index (χ1v) is 4.88. The summed E-state index contributed by atoms with van der Waals surface area (Å²) >= 11 is 0. The number of hydrogen-bond donors (Lipinski definition) is 0. The summed E-state index contributed by atoms with van der Waals surface area (Å²) in [6, 6.07) is 4.65. The summed E-state index contributed by atoms with van der Waals surface area (Å²) in [7, 11) is 2.66. The lowest BCUT2D eigenvalue weighted by molar-refractivity contribution is 0.0600. The zero-order valence-electron chi connectivity index (χ0n) is 9.36. The Kier molecular flexibility index (Phi) is 2.91. The van der Waals surface area contributed by atoms with E-state index < -0.39 is 11.8 Å². The first-order valence-electron chi connectivity index (χ1n) is 4.88. The third kappa shape index (κ3) is 1.91. The topological polar surface area (TPSA) is 48.4 Å². The van der Waals surface area contributed by atoms with Crippen LogP contribution in [0.25, 0.3) is 10.9 Å². The van der Waals surface area contributed by atoms with Gasteiger partial charge in [-0.1, -0.05) is 0 Å². The number of carbonyl (C=O) groups excluding carboxylic acids is 1. The maximum absolute atomic E-state index is 13.8. The van der Waals surface area contributed by atoms with Gasteiger partial charge in [0.05, 0.1) is 19.8 Å². The van der Waals surface area contributed by atoms with E-state index in [1.54, 1.807) is 6.07 Å². The van der Waals surface area contributed by atoms with E-state index in [0.29, 0.717) is 5.39 Å². The van der Waals surface area contributed by atoms with E-state index in [1.165, 1.54) is 32.5 Å². The minimum Gasteiger partial charge on any atom is -0.494 e. The van der Waals surface area contributed by atoms with Gasteiger partial charge in [0.15, 0.2) is 11.6 Å². The fraction of sp³-hybridized carbons (Fsp3) is 0.167. The fourth-order valence-electron chi connectivity index (χ4n) is 1.53. The minimum absolute atomic E-state index is 0.121. The molecule has 0 aliphatic heterocycles. The molecule has 0 amide bonds. The van der Waals surface area contributed by atoms with Crippen molar-refractivity contribution in [1.82, 2.24) is 4.98 Å². The Morgan fingerprint density at radius 3 is 2.76 bits per heavy atom. The van der Waals surface area contributed by atoms with Gasteiger partial charge in [-0.2, -0.15) is 0 Å². The number of carbonyl (C=O) groups is 1. The quantitative estimate of drug-likeness (QED) is 0.748. The van der Waals surface area contributed by atoms with Crippen molar-refractivity contribution in [2.45, 2.75) is 0 Å². The molecule has 1 heterocycles. The number of ether oxygens (including phenoxy) is 2. The number of esters is 1. The number of hydrogen-bond acceptors (Lipinski definition) is 4. The molecule has 17 heavy (non-hydrogen) atoms. The number of nitrogens with zero attached hydrogens (tertiary/aromatic N) is 1. The standard InChI is InChI=1S/C12H10FNO3/c1-16-9-4-3-7-5-8(12(15)17-2)6-14-11(7)10(9)13/h3-6H,1-2H3. The molecule has 0 aliphatic rings. The van der Waals surface area contributed by atoms with Crippen molar-refractivity contribution < 1.29 is 18.7 Å². The Labute approximate surface area is 97.0 Å². The smallest absolute Gasteiger partial charge is 0.339 e. The Hall–Kier alpha value is -2.17. The number of rotatable bonds is 2. The highest BCUT2D eigenvalue weighted by molar-refractivity contribution is 5.93. The summed E-state index contributed by atoms with van der Waals surface area (Å²) in [6.07, 6.45) is 1.27. The zero-order chi connectivity index (χ0) is 12.4. The van der Waals surface area contributed by atoms with Crippen LogP contribution in [-0.2, 0) is 4.74 Å². The minimum atomic E-state index is -0.540. The average molecular weight is 235 g/mol. The van der Waals surface area contributed by atoms with Gasteiger partial charge in [0.25, 0.3) is 0 Å². The molecular weight excluding hydrogens is 225 g/mol. The number of aromatic nitrogens is 1. The number of benzene rings is 1. The van der Waals surface area contributed by atoms with Crippen LogP contribution in [-0.4, -0.2) is 25.2 Å². The molecule has 2 aromatic rings. The molecule has 2 rings (SSSR count). The van der Waals surface area contributed by atoms with E-state index in [-0.39, 0.29) is 16.8 Å². The van der Waals surface area contributed by atoms with E-state index in [1.807, 2.05) is 0 Å². The molecule has 88 valence electrons. The maximum atomic E-state index is 13.8. The van der Waals surface area contributed by atoms with Crippen molar-refractivity contribution in [1.29, 1.82) is 0 Å². The van der Waals surface area contributed by atoms with E-state index in [9.17, 15) is 9.18 Å². The molecule has 1 aromatic heterocycles. The Morgan fingerprint density at radius 1 is 1.35 bits per heavy atom. The van der Waals surface area contributed by atoms with Gasteiger partial charge in [-0.25, -0.2) is 9.18 Å². The van der Waals surface area contributed by atoms with Crippen molar-refractivity contribution in [3.8, 4) is 5.75 Å². The molecule has 0 N–H and O–H groups in total. The van der Waals surface area contributed by atoms with E-state index in [0.717, 1.165) is 0 Å². The highest BCUT2D eigenvalue weighted by Gasteiger charge is 2.12. The Balaban J connectivity index is 2.61. The van der Waals surface area contributed by atoms with Gasteiger partial charge in [0.2, 0.25) is 0 Å². The van der Waals surface area contributed by atoms with Gasteiger partial charge in [-0.3, -0.25) is 4.98 Å². The number of pyridine rings is 1. The summed E-state index contributed by atoms with van der Waals surface area (Å²) in [5.74, 6) is -0.923. The predicted octanol–water partition coefficient (Wildman–Crippen LogP) is 2.17. The summed E-state index contributed by atoms with van der Waals surface area (Å²) in [5.41, 5.74) is 0.446. The Bertz CT molecular complexity index is 583. The van der Waals surface area contributed by atoms with Crippen LogP contribution in [0.4, 0.5) is 4.39 Å². The van der Waals surface area contributed by atoms with Gasteiger partial charge in [0.1, 0.15) is 5.52 Å². The fourth-order valence-corrected chi connectivity index (χ4v) is 1.53. The molecular formula is C12H10FNO3. The molecule has 0 aliphatic carbocycles. The number of halogens is 1. The highest BCUT2D eigenvalue weighted by Crippen LogP contribution is 2.25. The molecule has 0 bridgehead atoms. The first kappa shape index (κ1) is 11.3. The van der Waals surface area contributed by atoms with Crippen LogP contribution in [0.5, 0.6) is 5.75 Å². The van der Waals surface area contributed by atoms with Crippen molar-refractivity contribution in [3.63, 3.8) is 0 Å². The van der Waals surface area contributed by atoms with Crippen LogP contribution >= 0.6 is 0 Å². The normalized spacial score (nSPS) is 10.3. The van der Waals surface area contributed by atoms with Crippen LogP contribution in [0.3, 0.4) is 0 Å². The van der Waals surface area contributed by atoms with E-state index >= 15 is 0 Å². The van der Waals surface area contributed by atoms with Gasteiger partial charge in [0, 0.05) is 11.6 Å². The van der Waals surface area contributed by atoms with E-state index in [4.69, 9.17) is 4.74 Å². The SMILES string of the molecule is COC(=O)c1cnc2c(F)c(OC)ccc2c1.